The molecule has 2 aromatic heterocycles. The van der Waals surface area contributed by atoms with E-state index >= 15 is 0 Å². The number of ketones is 1. The number of anilines is 2. The van der Waals surface area contributed by atoms with Crippen molar-refractivity contribution < 1.29 is 31.1 Å². The monoisotopic (exact) mass is 520 g/mol. The minimum absolute atomic E-state index is 0.0310. The van der Waals surface area contributed by atoms with Gasteiger partial charge in [0.15, 0.2) is 11.5 Å². The molecular weight excluding hydrogens is 502 g/mol. The lowest BCUT2D eigenvalue weighted by Gasteiger charge is -2.19. The van der Waals surface area contributed by atoms with Crippen molar-refractivity contribution >= 4 is 29.3 Å². The second-order valence-electron chi connectivity index (χ2n) is 8.40. The Balaban J connectivity index is 1.72. The zero-order valence-corrected chi connectivity index (χ0v) is 19.4. The fourth-order valence-corrected chi connectivity index (χ4v) is 3.57. The summed E-state index contributed by atoms with van der Waals surface area (Å²) >= 11 is 0. The number of allylic oxidation sites excluding steroid dienone is 3. The van der Waals surface area contributed by atoms with Gasteiger partial charge in [-0.25, -0.2) is 15.0 Å². The van der Waals surface area contributed by atoms with Crippen LogP contribution < -0.4 is 5.32 Å². The van der Waals surface area contributed by atoms with Crippen LogP contribution in [0, 0.1) is 11.8 Å². The molecule has 1 aliphatic heterocycles. The van der Waals surface area contributed by atoms with Crippen LogP contribution in [0.25, 0.3) is 5.70 Å². The largest absolute Gasteiger partial charge is 0.435 e. The first kappa shape index (κ1) is 26.0. The third kappa shape index (κ3) is 5.86. The standard InChI is InChI=1S/C24H18F6N6O/c1-36(2)7-3-4-13-8-17(21(32-10-13)24(28,29)30)34-22-33-11-14-9-18(37)16-6-5-15(23(25,26)27)12-31-20(16)19(14)35-22/h5,8,10-12H,6-7,9H2,1-2H3,(H,33,34,35). The van der Waals surface area contributed by atoms with Gasteiger partial charge < -0.3 is 5.32 Å². The molecule has 2 aromatic rings. The van der Waals surface area contributed by atoms with Crippen LogP contribution in [-0.2, 0) is 17.4 Å². The van der Waals surface area contributed by atoms with Gasteiger partial charge in [0.1, 0.15) is 0 Å². The number of hydrogen-bond acceptors (Lipinski definition) is 7. The smallest absolute Gasteiger partial charge is 0.322 e. The third-order valence-electron chi connectivity index (χ3n) is 5.28. The first-order valence-corrected chi connectivity index (χ1v) is 10.7. The quantitative estimate of drug-likeness (QED) is 0.479. The van der Waals surface area contributed by atoms with Gasteiger partial charge >= 0.3 is 12.4 Å². The van der Waals surface area contributed by atoms with Gasteiger partial charge in [0.05, 0.1) is 29.2 Å². The number of rotatable bonds is 3. The summed E-state index contributed by atoms with van der Waals surface area (Å²) in [7, 11) is 3.57. The topological polar surface area (TPSA) is 83.4 Å². The molecule has 0 atom stereocenters. The van der Waals surface area contributed by atoms with Crippen molar-refractivity contribution in [3.05, 3.63) is 58.2 Å². The van der Waals surface area contributed by atoms with Gasteiger partial charge in [0.25, 0.3) is 0 Å². The van der Waals surface area contributed by atoms with Gasteiger partial charge in [-0.05, 0) is 26.6 Å². The second kappa shape index (κ2) is 9.78. The molecule has 37 heavy (non-hydrogen) atoms. The van der Waals surface area contributed by atoms with Gasteiger partial charge in [-0.15, -0.1) is 0 Å². The number of halogens is 6. The summed E-state index contributed by atoms with van der Waals surface area (Å²) < 4.78 is 80.3. The predicted molar refractivity (Wildman–Crippen MR) is 123 cm³/mol. The Morgan fingerprint density at radius 1 is 1.08 bits per heavy atom. The number of aliphatic imine (C=N–C) groups is 1. The van der Waals surface area contributed by atoms with Crippen molar-refractivity contribution in [1.29, 1.82) is 0 Å². The molecule has 0 bridgehead atoms. The molecule has 13 heteroatoms. The van der Waals surface area contributed by atoms with Crippen LogP contribution >= 0.6 is 0 Å². The highest BCUT2D eigenvalue weighted by atomic mass is 19.4. The van der Waals surface area contributed by atoms with Gasteiger partial charge in [-0.3, -0.25) is 14.7 Å². The maximum atomic E-state index is 13.6. The van der Waals surface area contributed by atoms with E-state index in [0.717, 1.165) is 18.3 Å². The summed E-state index contributed by atoms with van der Waals surface area (Å²) in [6.45, 7) is 0.374. The Morgan fingerprint density at radius 3 is 2.51 bits per heavy atom. The molecule has 0 aromatic carbocycles. The second-order valence-corrected chi connectivity index (χ2v) is 8.40. The van der Waals surface area contributed by atoms with Gasteiger partial charge in [-0.2, -0.15) is 26.3 Å². The molecule has 1 aliphatic carbocycles. The van der Waals surface area contributed by atoms with Gasteiger partial charge in [0.2, 0.25) is 5.95 Å². The van der Waals surface area contributed by atoms with E-state index in [0.29, 0.717) is 18.3 Å². The number of pyridine rings is 1. The van der Waals surface area contributed by atoms with Crippen molar-refractivity contribution in [1.82, 2.24) is 19.9 Å². The molecule has 0 amide bonds. The van der Waals surface area contributed by atoms with Crippen molar-refractivity contribution in [3.8, 4) is 11.8 Å². The van der Waals surface area contributed by atoms with E-state index in [1.54, 1.807) is 19.0 Å². The first-order chi connectivity index (χ1) is 17.3. The van der Waals surface area contributed by atoms with E-state index in [2.05, 4.69) is 37.1 Å². The molecule has 3 heterocycles. The van der Waals surface area contributed by atoms with Crippen LogP contribution in [0.2, 0.25) is 0 Å². The van der Waals surface area contributed by atoms with Crippen molar-refractivity contribution in [2.45, 2.75) is 25.2 Å². The number of nitrogens with one attached hydrogen (secondary N) is 1. The van der Waals surface area contributed by atoms with E-state index in [1.165, 1.54) is 6.20 Å². The van der Waals surface area contributed by atoms with Crippen LogP contribution in [0.3, 0.4) is 0 Å². The van der Waals surface area contributed by atoms with Crippen molar-refractivity contribution in [3.63, 3.8) is 0 Å². The van der Waals surface area contributed by atoms with Crippen LogP contribution in [0.15, 0.2) is 40.7 Å². The molecule has 0 saturated carbocycles. The molecule has 0 saturated heterocycles. The highest BCUT2D eigenvalue weighted by Gasteiger charge is 2.37. The molecule has 0 unspecified atom stereocenters. The number of Topliss-reactive ketones (excluding diaryl/α,β-unsaturated/α-hetero) is 1. The maximum absolute atomic E-state index is 13.6. The lowest BCUT2D eigenvalue weighted by molar-refractivity contribution is -0.140. The Bertz CT molecular complexity index is 1410. The molecular formula is C24H18F6N6O. The Hall–Kier alpha value is -4.05. The predicted octanol–water partition coefficient (Wildman–Crippen LogP) is 4.35. The summed E-state index contributed by atoms with van der Waals surface area (Å²) in [5.74, 6) is 4.82. The summed E-state index contributed by atoms with van der Waals surface area (Å²) in [6.07, 6.45) is -6.27. The summed E-state index contributed by atoms with van der Waals surface area (Å²) in [5, 5.41) is 2.49. The number of alkyl halides is 6. The lowest BCUT2D eigenvalue weighted by atomic mass is 9.91. The molecule has 7 nitrogen and oxygen atoms in total. The number of nitrogens with zero attached hydrogens (tertiary/aromatic N) is 5. The molecule has 1 N–H and O–H groups in total. The number of carbonyl (C=O) groups is 1. The molecule has 0 spiro atoms. The first-order valence-electron chi connectivity index (χ1n) is 10.7. The van der Waals surface area contributed by atoms with Crippen LogP contribution in [0.1, 0.15) is 28.9 Å². The van der Waals surface area contributed by atoms with E-state index in [-0.39, 0.29) is 41.3 Å². The average Bonchev–Trinajstić information content (AvgIpc) is 3.03. The zero-order chi connectivity index (χ0) is 27.0. The number of aromatic nitrogens is 3. The highest BCUT2D eigenvalue weighted by molar-refractivity contribution is 6.08. The number of carbonyl (C=O) groups excluding carboxylic acids is 1. The molecule has 0 fully saturated rings. The third-order valence-corrected chi connectivity index (χ3v) is 5.28. The molecule has 4 rings (SSSR count). The zero-order valence-electron chi connectivity index (χ0n) is 19.4. The minimum atomic E-state index is -4.81. The maximum Gasteiger partial charge on any atom is 0.435 e. The Morgan fingerprint density at radius 2 is 1.84 bits per heavy atom. The number of hydrogen-bond donors (Lipinski definition) is 1. The lowest BCUT2D eigenvalue weighted by Crippen LogP contribution is -2.18. The average molecular weight is 520 g/mol. The van der Waals surface area contributed by atoms with Gasteiger partial charge in [0, 0.05) is 41.7 Å². The summed E-state index contributed by atoms with van der Waals surface area (Å²) in [6, 6.07) is 1.15. The van der Waals surface area contributed by atoms with Crippen LogP contribution in [-0.4, -0.2) is 58.7 Å². The summed E-state index contributed by atoms with van der Waals surface area (Å²) in [5.41, 5.74) is -2.19. The fourth-order valence-electron chi connectivity index (χ4n) is 3.57. The van der Waals surface area contributed by atoms with E-state index < -0.39 is 35.1 Å². The SMILES string of the molecule is CN(C)CC#Cc1cnc(C(F)(F)F)c(Nc2ncc3c(n2)C2=C(CC=C(C(F)(F)F)C=N2)C(=O)C3)c1. The molecule has 192 valence electrons. The number of fused-ring (bicyclic) bond motifs is 2. The van der Waals surface area contributed by atoms with Crippen molar-refractivity contribution in [2.75, 3.05) is 26.0 Å². The van der Waals surface area contributed by atoms with Gasteiger partial charge in [-0.1, -0.05) is 17.9 Å². The fraction of sp³-hybridized carbons (Fsp3) is 0.292. The minimum Gasteiger partial charge on any atom is -0.322 e. The highest BCUT2D eigenvalue weighted by Crippen LogP contribution is 2.37. The van der Waals surface area contributed by atoms with Crippen LogP contribution in [0.5, 0.6) is 0 Å². The normalized spacial score (nSPS) is 15.5. The Labute approximate surface area is 207 Å². The van der Waals surface area contributed by atoms with E-state index in [4.69, 9.17) is 0 Å². The summed E-state index contributed by atoms with van der Waals surface area (Å²) in [4.78, 5) is 29.9. The van der Waals surface area contributed by atoms with Crippen molar-refractivity contribution in [2.24, 2.45) is 4.99 Å². The Kier molecular flexibility index (Phi) is 6.88. The molecule has 2 aliphatic rings. The van der Waals surface area contributed by atoms with E-state index in [9.17, 15) is 31.1 Å². The van der Waals surface area contributed by atoms with Crippen LogP contribution in [0.4, 0.5) is 38.0 Å². The molecule has 0 radical (unpaired) electrons. The van der Waals surface area contributed by atoms with E-state index in [1.807, 2.05) is 0 Å².